The average molecular weight is 322 g/mol. The zero-order chi connectivity index (χ0) is 17.3. The molecule has 3 rings (SSSR count). The smallest absolute Gasteiger partial charge is 0.113 e. The Hall–Kier alpha value is -2.26. The van der Waals surface area contributed by atoms with Crippen LogP contribution < -0.4 is 9.80 Å². The van der Waals surface area contributed by atoms with Crippen LogP contribution in [0.25, 0.3) is 0 Å². The van der Waals surface area contributed by atoms with Gasteiger partial charge in [0.1, 0.15) is 6.17 Å². The molecule has 1 aliphatic rings. The lowest BCUT2D eigenvalue weighted by Crippen LogP contribution is -2.44. The van der Waals surface area contributed by atoms with Gasteiger partial charge in [-0.15, -0.1) is 0 Å². The maximum absolute atomic E-state index is 10.4. The number of hydrogen-bond donors (Lipinski definition) is 1. The second-order valence-electron chi connectivity index (χ2n) is 7.28. The highest BCUT2D eigenvalue weighted by Crippen LogP contribution is 2.33. The first-order chi connectivity index (χ1) is 11.3. The molecule has 24 heavy (non-hydrogen) atoms. The summed E-state index contributed by atoms with van der Waals surface area (Å²) in [4.78, 5) is 4.47. The van der Waals surface area contributed by atoms with Crippen LogP contribution in [0.3, 0.4) is 0 Å². The van der Waals surface area contributed by atoms with E-state index in [0.717, 1.165) is 11.4 Å². The van der Waals surface area contributed by atoms with Gasteiger partial charge in [0.15, 0.2) is 0 Å². The molecule has 0 fully saturated rings. The normalized spacial score (nSPS) is 15.4. The Kier molecular flexibility index (Phi) is 4.37. The van der Waals surface area contributed by atoms with Crippen molar-refractivity contribution in [2.45, 2.75) is 45.9 Å². The van der Waals surface area contributed by atoms with E-state index >= 15 is 0 Å². The number of aliphatic hydroxyl groups is 1. The van der Waals surface area contributed by atoms with Crippen LogP contribution in [-0.4, -0.2) is 16.9 Å². The van der Waals surface area contributed by atoms with Crippen molar-refractivity contribution in [3.8, 4) is 0 Å². The van der Waals surface area contributed by atoms with Gasteiger partial charge < -0.3 is 14.9 Å². The Labute approximate surface area is 144 Å². The molecule has 0 aromatic heterocycles. The Bertz CT molecular complexity index is 655. The van der Waals surface area contributed by atoms with Crippen molar-refractivity contribution in [2.75, 3.05) is 9.80 Å². The van der Waals surface area contributed by atoms with Crippen LogP contribution in [0, 0.1) is 13.8 Å². The second kappa shape index (κ2) is 6.33. The summed E-state index contributed by atoms with van der Waals surface area (Å²) in [5, 5.41) is 10.4. The molecule has 0 spiro atoms. The number of rotatable bonds is 4. The molecule has 2 aromatic carbocycles. The van der Waals surface area contributed by atoms with Crippen LogP contribution in [0.2, 0.25) is 0 Å². The third-order valence-corrected chi connectivity index (χ3v) is 4.38. The van der Waals surface area contributed by atoms with E-state index in [1.165, 1.54) is 11.1 Å². The molecule has 0 atom stereocenters. The molecule has 3 nitrogen and oxygen atoms in total. The van der Waals surface area contributed by atoms with Crippen molar-refractivity contribution in [2.24, 2.45) is 0 Å². The van der Waals surface area contributed by atoms with Crippen molar-refractivity contribution < 1.29 is 5.11 Å². The number of aryl methyl sites for hydroxylation is 2. The number of nitrogens with zero attached hydrogens (tertiary/aromatic N) is 2. The second-order valence-corrected chi connectivity index (χ2v) is 7.28. The fourth-order valence-electron chi connectivity index (χ4n) is 3.07. The molecule has 126 valence electrons. The van der Waals surface area contributed by atoms with Gasteiger partial charge >= 0.3 is 0 Å². The van der Waals surface area contributed by atoms with Gasteiger partial charge in [-0.2, -0.15) is 0 Å². The molecule has 3 heteroatoms. The molecule has 0 saturated heterocycles. The van der Waals surface area contributed by atoms with Crippen molar-refractivity contribution in [1.29, 1.82) is 0 Å². The summed E-state index contributed by atoms with van der Waals surface area (Å²) in [6.45, 7) is 7.92. The summed E-state index contributed by atoms with van der Waals surface area (Å²) in [5.74, 6) is 0. The fraction of sp³-hybridized carbons (Fsp3) is 0.333. The van der Waals surface area contributed by atoms with Gasteiger partial charge in [0, 0.05) is 30.2 Å². The minimum Gasteiger partial charge on any atom is -0.390 e. The molecule has 0 saturated carbocycles. The third-order valence-electron chi connectivity index (χ3n) is 4.38. The molecule has 1 N–H and O–H groups in total. The number of hydrogen-bond acceptors (Lipinski definition) is 3. The maximum atomic E-state index is 10.4. The third kappa shape index (κ3) is 3.62. The van der Waals surface area contributed by atoms with E-state index in [1.54, 1.807) is 0 Å². The number of anilines is 2. The summed E-state index contributed by atoms with van der Waals surface area (Å²) in [6.07, 6.45) is 4.89. The van der Waals surface area contributed by atoms with Gasteiger partial charge in [0.05, 0.1) is 5.60 Å². The van der Waals surface area contributed by atoms with E-state index in [2.05, 4.69) is 84.6 Å². The minimum atomic E-state index is -0.747. The molecule has 0 bridgehead atoms. The standard InChI is InChI=1S/C21H26N2O/c1-16-5-9-18(10-6-16)22-13-14-23(20(22)15-21(3,4)24)19-11-7-17(2)8-12-19/h5-14,20,24H,15H2,1-4H3. The molecular formula is C21H26N2O. The van der Waals surface area contributed by atoms with Crippen LogP contribution in [0.4, 0.5) is 11.4 Å². The van der Waals surface area contributed by atoms with E-state index in [9.17, 15) is 5.11 Å². The summed E-state index contributed by atoms with van der Waals surface area (Å²) in [7, 11) is 0. The predicted octanol–water partition coefficient (Wildman–Crippen LogP) is 4.59. The Balaban J connectivity index is 1.93. The zero-order valence-electron chi connectivity index (χ0n) is 14.9. The molecule has 2 aromatic rings. The summed E-state index contributed by atoms with van der Waals surface area (Å²) < 4.78 is 0. The van der Waals surface area contributed by atoms with Gasteiger partial charge in [-0.25, -0.2) is 0 Å². The van der Waals surface area contributed by atoms with Crippen LogP contribution in [-0.2, 0) is 0 Å². The minimum absolute atomic E-state index is 0.0513. The molecular weight excluding hydrogens is 296 g/mol. The van der Waals surface area contributed by atoms with Crippen LogP contribution >= 0.6 is 0 Å². The highest BCUT2D eigenvalue weighted by molar-refractivity contribution is 5.61. The lowest BCUT2D eigenvalue weighted by Gasteiger charge is -2.36. The lowest BCUT2D eigenvalue weighted by molar-refractivity contribution is 0.0646. The molecule has 1 heterocycles. The Morgan fingerprint density at radius 3 is 1.50 bits per heavy atom. The molecule has 0 unspecified atom stereocenters. The van der Waals surface area contributed by atoms with E-state index in [-0.39, 0.29) is 6.17 Å². The van der Waals surface area contributed by atoms with E-state index in [0.29, 0.717) is 6.42 Å². The van der Waals surface area contributed by atoms with Crippen LogP contribution in [0.1, 0.15) is 31.4 Å². The van der Waals surface area contributed by atoms with Crippen LogP contribution in [0.5, 0.6) is 0 Å². The Morgan fingerprint density at radius 1 is 0.792 bits per heavy atom. The first-order valence-electron chi connectivity index (χ1n) is 8.44. The molecule has 0 aliphatic carbocycles. The topological polar surface area (TPSA) is 26.7 Å². The number of benzene rings is 2. The largest absolute Gasteiger partial charge is 0.390 e. The molecule has 1 aliphatic heterocycles. The summed E-state index contributed by atoms with van der Waals surface area (Å²) in [6, 6.07) is 17.0. The fourth-order valence-corrected chi connectivity index (χ4v) is 3.07. The summed E-state index contributed by atoms with van der Waals surface area (Å²) in [5.41, 5.74) is 4.02. The lowest BCUT2D eigenvalue weighted by atomic mass is 10.0. The van der Waals surface area contributed by atoms with E-state index in [1.807, 2.05) is 13.8 Å². The van der Waals surface area contributed by atoms with Gasteiger partial charge in [-0.3, -0.25) is 0 Å². The van der Waals surface area contributed by atoms with Crippen LogP contribution in [0.15, 0.2) is 60.9 Å². The van der Waals surface area contributed by atoms with Gasteiger partial charge in [-0.1, -0.05) is 35.4 Å². The molecule has 0 amide bonds. The Morgan fingerprint density at radius 2 is 1.17 bits per heavy atom. The van der Waals surface area contributed by atoms with Gasteiger partial charge in [-0.05, 0) is 52.0 Å². The SMILES string of the molecule is Cc1ccc(N2C=CN(c3ccc(C)cc3)C2CC(C)(C)O)cc1. The maximum Gasteiger partial charge on any atom is 0.113 e. The first kappa shape index (κ1) is 16.6. The zero-order valence-corrected chi connectivity index (χ0v) is 14.9. The van der Waals surface area contributed by atoms with Crippen molar-refractivity contribution >= 4 is 11.4 Å². The van der Waals surface area contributed by atoms with Crippen molar-refractivity contribution in [1.82, 2.24) is 0 Å². The quantitative estimate of drug-likeness (QED) is 0.892. The van der Waals surface area contributed by atoms with E-state index in [4.69, 9.17) is 0 Å². The average Bonchev–Trinajstić information content (AvgIpc) is 2.90. The van der Waals surface area contributed by atoms with Gasteiger partial charge in [0.25, 0.3) is 0 Å². The van der Waals surface area contributed by atoms with Crippen molar-refractivity contribution in [3.63, 3.8) is 0 Å². The van der Waals surface area contributed by atoms with E-state index < -0.39 is 5.60 Å². The first-order valence-corrected chi connectivity index (χ1v) is 8.44. The van der Waals surface area contributed by atoms with Gasteiger partial charge in [0.2, 0.25) is 0 Å². The summed E-state index contributed by atoms with van der Waals surface area (Å²) >= 11 is 0. The highest BCUT2D eigenvalue weighted by atomic mass is 16.3. The monoisotopic (exact) mass is 322 g/mol. The van der Waals surface area contributed by atoms with Crippen molar-refractivity contribution in [3.05, 3.63) is 72.1 Å². The predicted molar refractivity (Wildman–Crippen MR) is 101 cm³/mol. The molecule has 0 radical (unpaired) electrons. The highest BCUT2D eigenvalue weighted by Gasteiger charge is 2.33.